The van der Waals surface area contributed by atoms with Crippen LogP contribution in [0.15, 0.2) is 34.3 Å². The summed E-state index contributed by atoms with van der Waals surface area (Å²) < 4.78 is 0. The van der Waals surface area contributed by atoms with Gasteiger partial charge < -0.3 is 16.4 Å². The van der Waals surface area contributed by atoms with Crippen molar-refractivity contribution in [2.75, 3.05) is 25.1 Å². The van der Waals surface area contributed by atoms with E-state index in [1.54, 1.807) is 0 Å². The van der Waals surface area contributed by atoms with Crippen LogP contribution in [-0.2, 0) is 4.84 Å². The molecule has 8 heteroatoms. The van der Waals surface area contributed by atoms with E-state index in [-0.39, 0.29) is 11.9 Å². The Hall–Kier alpha value is -1.99. The second-order valence-corrected chi connectivity index (χ2v) is 6.25. The van der Waals surface area contributed by atoms with Crippen molar-refractivity contribution in [1.82, 2.24) is 5.06 Å². The summed E-state index contributed by atoms with van der Waals surface area (Å²) >= 11 is 5.89. The first kappa shape index (κ1) is 17.4. The Balaban J connectivity index is 1.81. The zero-order valence-electron chi connectivity index (χ0n) is 13.7. The second kappa shape index (κ2) is 7.06. The average molecular weight is 339 g/mol. The van der Waals surface area contributed by atoms with Crippen LogP contribution in [0.25, 0.3) is 0 Å². The Morgan fingerprint density at radius 3 is 2.52 bits per heavy atom. The quantitative estimate of drug-likeness (QED) is 0.771. The predicted molar refractivity (Wildman–Crippen MR) is 94.5 cm³/mol. The molecule has 0 amide bonds. The molecule has 7 nitrogen and oxygen atoms in total. The molecule has 1 aliphatic rings. The third-order valence-corrected chi connectivity index (χ3v) is 3.70. The number of nitrogens with two attached hydrogens (primary N) is 2. The topological polar surface area (TPSA) is 92.5 Å². The van der Waals surface area contributed by atoms with E-state index in [4.69, 9.17) is 27.9 Å². The third-order valence-electron chi connectivity index (χ3n) is 3.45. The summed E-state index contributed by atoms with van der Waals surface area (Å²) in [5, 5.41) is 2.22. The molecule has 1 aromatic rings. The van der Waals surface area contributed by atoms with Gasteiger partial charge in [0, 0.05) is 24.3 Å². The highest BCUT2D eigenvalue weighted by atomic mass is 35.5. The molecule has 1 aliphatic heterocycles. The average Bonchev–Trinajstić information content (AvgIpc) is 2.45. The maximum atomic E-state index is 5.89. The van der Waals surface area contributed by atoms with Gasteiger partial charge >= 0.3 is 0 Å². The predicted octanol–water partition coefficient (Wildman–Crippen LogP) is 1.78. The number of guanidine groups is 2. The number of nitrogens with zero attached hydrogens (tertiary/aromatic N) is 4. The van der Waals surface area contributed by atoms with E-state index >= 15 is 0 Å². The zero-order valence-corrected chi connectivity index (χ0v) is 14.4. The highest BCUT2D eigenvalue weighted by Gasteiger charge is 2.32. The summed E-state index contributed by atoms with van der Waals surface area (Å²) in [4.78, 5) is 16.0. The van der Waals surface area contributed by atoms with Crippen molar-refractivity contribution in [2.45, 2.75) is 25.9 Å². The molecule has 0 radical (unpaired) electrons. The van der Waals surface area contributed by atoms with Crippen molar-refractivity contribution in [3.63, 3.8) is 0 Å². The molecule has 1 heterocycles. The standard InChI is InChI=1S/C15H23ClN6O/c1-15(2)20-13(17)19-14(18)22(15)23-10-4-9-21(3)12-7-5-11(16)6-8-12/h5-8H,4,9-10H2,1-3H3,(H4,17,18,19,20). The maximum Gasteiger partial charge on any atom is 0.226 e. The lowest BCUT2D eigenvalue weighted by Gasteiger charge is -2.36. The number of hydroxylamine groups is 2. The summed E-state index contributed by atoms with van der Waals surface area (Å²) in [7, 11) is 2.02. The second-order valence-electron chi connectivity index (χ2n) is 5.81. The van der Waals surface area contributed by atoms with E-state index in [1.165, 1.54) is 5.06 Å². The number of hydrogen-bond donors (Lipinski definition) is 2. The van der Waals surface area contributed by atoms with Crippen LogP contribution in [0.4, 0.5) is 5.69 Å². The van der Waals surface area contributed by atoms with Gasteiger partial charge in [0.15, 0.2) is 5.66 Å². The molecule has 0 spiro atoms. The molecule has 23 heavy (non-hydrogen) atoms. The van der Waals surface area contributed by atoms with Crippen LogP contribution in [0.2, 0.25) is 5.02 Å². The smallest absolute Gasteiger partial charge is 0.226 e. The Kier molecular flexibility index (Phi) is 5.33. The first-order valence-electron chi connectivity index (χ1n) is 7.39. The largest absolute Gasteiger partial charge is 0.375 e. The van der Waals surface area contributed by atoms with Gasteiger partial charge in [-0.15, -0.1) is 0 Å². The van der Waals surface area contributed by atoms with Crippen molar-refractivity contribution in [3.8, 4) is 0 Å². The molecule has 0 fully saturated rings. The molecule has 0 aromatic heterocycles. The minimum absolute atomic E-state index is 0.162. The zero-order chi connectivity index (χ0) is 17.0. The van der Waals surface area contributed by atoms with Crippen LogP contribution in [0.5, 0.6) is 0 Å². The van der Waals surface area contributed by atoms with E-state index in [2.05, 4.69) is 14.9 Å². The van der Waals surface area contributed by atoms with Crippen LogP contribution in [0.1, 0.15) is 20.3 Å². The van der Waals surface area contributed by atoms with Crippen molar-refractivity contribution >= 4 is 29.2 Å². The molecule has 0 saturated heterocycles. The fourth-order valence-electron chi connectivity index (χ4n) is 2.30. The number of aliphatic imine (C=N–C) groups is 2. The minimum Gasteiger partial charge on any atom is -0.375 e. The molecule has 0 bridgehead atoms. The maximum absolute atomic E-state index is 5.89. The van der Waals surface area contributed by atoms with E-state index < -0.39 is 5.66 Å². The fourth-order valence-corrected chi connectivity index (χ4v) is 2.43. The van der Waals surface area contributed by atoms with Gasteiger partial charge in [0.2, 0.25) is 11.9 Å². The van der Waals surface area contributed by atoms with Crippen LogP contribution in [0, 0.1) is 0 Å². The van der Waals surface area contributed by atoms with Crippen LogP contribution in [0.3, 0.4) is 0 Å². The lowest BCUT2D eigenvalue weighted by Crippen LogP contribution is -2.53. The Labute approximate surface area is 141 Å². The first-order chi connectivity index (χ1) is 10.8. The van der Waals surface area contributed by atoms with Crippen LogP contribution in [-0.4, -0.2) is 42.8 Å². The fraction of sp³-hybridized carbons (Fsp3) is 0.467. The summed E-state index contributed by atoms with van der Waals surface area (Å²) in [6.45, 7) is 5.05. The van der Waals surface area contributed by atoms with Crippen molar-refractivity contribution in [1.29, 1.82) is 0 Å². The van der Waals surface area contributed by atoms with E-state index in [0.717, 1.165) is 23.7 Å². The van der Waals surface area contributed by atoms with Gasteiger partial charge in [-0.05, 0) is 44.5 Å². The normalized spacial score (nSPS) is 16.8. The van der Waals surface area contributed by atoms with Gasteiger partial charge in [0.1, 0.15) is 0 Å². The van der Waals surface area contributed by atoms with Crippen LogP contribution >= 0.6 is 11.6 Å². The van der Waals surface area contributed by atoms with Gasteiger partial charge in [-0.2, -0.15) is 10.1 Å². The number of halogens is 1. The molecule has 4 N–H and O–H groups in total. The molecular formula is C15H23ClN6O. The summed E-state index contributed by atoms with van der Waals surface area (Å²) in [5.74, 6) is 0.378. The molecule has 1 aromatic carbocycles. The monoisotopic (exact) mass is 338 g/mol. The van der Waals surface area contributed by atoms with E-state index in [9.17, 15) is 0 Å². The molecule has 126 valence electrons. The van der Waals surface area contributed by atoms with E-state index in [1.807, 2.05) is 45.2 Å². The Morgan fingerprint density at radius 1 is 1.26 bits per heavy atom. The van der Waals surface area contributed by atoms with Crippen molar-refractivity contribution in [3.05, 3.63) is 29.3 Å². The van der Waals surface area contributed by atoms with Crippen molar-refractivity contribution in [2.24, 2.45) is 21.5 Å². The van der Waals surface area contributed by atoms with E-state index in [0.29, 0.717) is 6.61 Å². The van der Waals surface area contributed by atoms with Crippen LogP contribution < -0.4 is 16.4 Å². The molecule has 0 unspecified atom stereocenters. The highest BCUT2D eigenvalue weighted by molar-refractivity contribution is 6.30. The molecule has 0 saturated carbocycles. The lowest BCUT2D eigenvalue weighted by molar-refractivity contribution is -0.157. The lowest BCUT2D eigenvalue weighted by atomic mass is 10.2. The number of hydrogen-bond acceptors (Lipinski definition) is 7. The number of rotatable bonds is 6. The number of benzene rings is 1. The highest BCUT2D eigenvalue weighted by Crippen LogP contribution is 2.20. The van der Waals surface area contributed by atoms with Crippen molar-refractivity contribution < 1.29 is 4.84 Å². The third kappa shape index (κ3) is 4.49. The van der Waals surface area contributed by atoms with Gasteiger partial charge in [-0.25, -0.2) is 4.99 Å². The number of anilines is 1. The minimum atomic E-state index is -0.669. The summed E-state index contributed by atoms with van der Waals surface area (Å²) in [5.41, 5.74) is 11.9. The van der Waals surface area contributed by atoms with Gasteiger partial charge in [0.25, 0.3) is 0 Å². The molecule has 2 rings (SSSR count). The van der Waals surface area contributed by atoms with Gasteiger partial charge in [0.05, 0.1) is 6.61 Å². The Bertz CT molecular complexity index is 598. The van der Waals surface area contributed by atoms with Gasteiger partial charge in [-0.1, -0.05) is 11.6 Å². The summed E-state index contributed by atoms with van der Waals surface area (Å²) in [6, 6.07) is 7.72. The Morgan fingerprint density at radius 2 is 1.91 bits per heavy atom. The van der Waals surface area contributed by atoms with Gasteiger partial charge in [-0.3, -0.25) is 4.84 Å². The molecule has 0 atom stereocenters. The molecular weight excluding hydrogens is 316 g/mol. The SMILES string of the molecule is CN(CCCON1C(N)=NC(N)=NC1(C)C)c1ccc(Cl)cc1. The molecule has 0 aliphatic carbocycles. The first-order valence-corrected chi connectivity index (χ1v) is 7.77. The summed E-state index contributed by atoms with van der Waals surface area (Å²) in [6.07, 6.45) is 0.818.